The van der Waals surface area contributed by atoms with Gasteiger partial charge in [-0.05, 0) is 69.0 Å². The third-order valence-electron chi connectivity index (χ3n) is 7.57. The quantitative estimate of drug-likeness (QED) is 0.462. The first-order valence-corrected chi connectivity index (χ1v) is 11.8. The number of benzene rings is 1. The smallest absolute Gasteiger partial charge is 0.456 e. The van der Waals surface area contributed by atoms with Crippen LogP contribution in [0, 0.1) is 11.7 Å². The molecule has 5 rings (SSSR count). The molecule has 2 aromatic rings. The normalized spacial score (nSPS) is 20.1. The average Bonchev–Trinajstić information content (AvgIpc) is 3.56. The highest BCUT2D eigenvalue weighted by Crippen LogP contribution is 2.42. The predicted molar refractivity (Wildman–Crippen MR) is 119 cm³/mol. The summed E-state index contributed by atoms with van der Waals surface area (Å²) in [7, 11) is 1.91. The average molecular weight is 494 g/mol. The highest BCUT2D eigenvalue weighted by Gasteiger charge is 2.48. The van der Waals surface area contributed by atoms with Crippen LogP contribution in [0.5, 0.6) is 5.75 Å². The van der Waals surface area contributed by atoms with E-state index in [9.17, 15) is 27.2 Å². The van der Waals surface area contributed by atoms with E-state index in [1.165, 1.54) is 22.8 Å². The Morgan fingerprint density at radius 2 is 1.77 bits per heavy atom. The number of piperidine rings is 1. The number of hydrogen-bond acceptors (Lipinski definition) is 4. The van der Waals surface area contributed by atoms with E-state index >= 15 is 0 Å². The van der Waals surface area contributed by atoms with Crippen molar-refractivity contribution in [3.05, 3.63) is 53.1 Å². The Morgan fingerprint density at radius 3 is 2.40 bits per heavy atom. The molecule has 1 aromatic carbocycles. The van der Waals surface area contributed by atoms with E-state index in [1.807, 2.05) is 7.05 Å². The minimum absolute atomic E-state index is 0.139. The Morgan fingerprint density at radius 1 is 1.06 bits per heavy atom. The van der Waals surface area contributed by atoms with Crippen LogP contribution >= 0.6 is 0 Å². The molecule has 2 aliphatic heterocycles. The van der Waals surface area contributed by atoms with E-state index in [1.54, 1.807) is 17.0 Å². The molecule has 0 N–H and O–H groups in total. The van der Waals surface area contributed by atoms with Gasteiger partial charge in [0.1, 0.15) is 0 Å². The van der Waals surface area contributed by atoms with Gasteiger partial charge in [0.05, 0.1) is 17.8 Å². The summed E-state index contributed by atoms with van der Waals surface area (Å²) in [5.41, 5.74) is -0.0342. The van der Waals surface area contributed by atoms with Crippen molar-refractivity contribution in [1.82, 2.24) is 14.4 Å². The molecule has 2 fully saturated rings. The van der Waals surface area contributed by atoms with Gasteiger partial charge < -0.3 is 14.2 Å². The lowest BCUT2D eigenvalue weighted by atomic mass is 9.81. The van der Waals surface area contributed by atoms with Crippen LogP contribution in [0.1, 0.15) is 52.2 Å². The number of likely N-dealkylation sites (tertiary alicyclic amines) is 1. The molecule has 1 aromatic heterocycles. The molecule has 3 heterocycles. The van der Waals surface area contributed by atoms with Gasteiger partial charge in [0.15, 0.2) is 11.6 Å². The molecule has 0 unspecified atom stereocenters. The number of Topliss-reactive ketones (excluding diaryl/α,β-unsaturated/α-hetero) is 1. The van der Waals surface area contributed by atoms with Crippen LogP contribution in [0.2, 0.25) is 0 Å². The molecule has 0 radical (unpaired) electrons. The molecule has 3 aliphatic rings. The number of ketones is 1. The number of alkyl halides is 3. The number of aromatic nitrogens is 1. The Balaban J connectivity index is 1.31. The molecule has 1 amide bonds. The zero-order valence-electron chi connectivity index (χ0n) is 19.4. The summed E-state index contributed by atoms with van der Waals surface area (Å²) in [6, 6.07) is 7.09. The van der Waals surface area contributed by atoms with Gasteiger partial charge in [-0.2, -0.15) is 13.2 Å². The molecule has 188 valence electrons. The van der Waals surface area contributed by atoms with E-state index in [0.29, 0.717) is 50.7 Å². The van der Waals surface area contributed by atoms with Crippen molar-refractivity contribution in [2.45, 2.75) is 43.9 Å². The molecular weight excluding hydrogens is 466 g/mol. The molecule has 0 bridgehead atoms. The lowest BCUT2D eigenvalue weighted by Gasteiger charge is -2.50. The number of carbonyl (C=O) groups excluding carboxylic acids is 2. The van der Waals surface area contributed by atoms with Crippen LogP contribution < -0.4 is 4.74 Å². The lowest BCUT2D eigenvalue weighted by molar-refractivity contribution is -0.0892. The number of carbonyl (C=O) groups is 2. The van der Waals surface area contributed by atoms with Gasteiger partial charge in [0, 0.05) is 37.4 Å². The van der Waals surface area contributed by atoms with E-state index in [4.69, 9.17) is 4.74 Å². The summed E-state index contributed by atoms with van der Waals surface area (Å²) >= 11 is 0. The summed E-state index contributed by atoms with van der Waals surface area (Å²) in [6.45, 7) is 1.97. The zero-order valence-corrected chi connectivity index (χ0v) is 19.4. The van der Waals surface area contributed by atoms with Crippen molar-refractivity contribution < 1.29 is 31.9 Å². The van der Waals surface area contributed by atoms with Gasteiger partial charge in [0.2, 0.25) is 0 Å². The largest absolute Gasteiger partial charge is 0.490 e. The maximum atomic E-state index is 14.5. The summed E-state index contributed by atoms with van der Waals surface area (Å²) in [4.78, 5) is 28.7. The Kier molecular flexibility index (Phi) is 5.89. The van der Waals surface area contributed by atoms with E-state index < -0.39 is 23.3 Å². The number of nitrogens with zero attached hydrogens (tertiary/aromatic N) is 3. The fourth-order valence-corrected chi connectivity index (χ4v) is 5.26. The fraction of sp³-hybridized carbons (Fsp3) is 0.520. The fourth-order valence-electron chi connectivity index (χ4n) is 5.26. The van der Waals surface area contributed by atoms with Crippen LogP contribution in [0.25, 0.3) is 0 Å². The number of hydrogen-bond donors (Lipinski definition) is 0. The summed E-state index contributed by atoms with van der Waals surface area (Å²) in [6.07, 6.45) is -1.77. The van der Waals surface area contributed by atoms with Crippen LogP contribution in [-0.4, -0.2) is 65.5 Å². The predicted octanol–water partition coefficient (Wildman–Crippen LogP) is 4.24. The molecule has 1 spiro atoms. The second-order valence-corrected chi connectivity index (χ2v) is 9.73. The topological polar surface area (TPSA) is 54.8 Å². The zero-order chi connectivity index (χ0) is 25.0. The Bertz CT molecular complexity index is 1150. The number of halogens is 4. The molecule has 6 nitrogen and oxygen atoms in total. The number of fused-ring (bicyclic) bond motifs is 2. The standard InChI is InChI=1S/C25H27F4N3O3/c1-30-12-13-32-19(22(33)25(27,28)29)5-7-21(32)24(30)8-10-31(11-9-24)23(34)17-4-6-20(18(26)14-17)35-15-16-2-3-16/h4-7,14,16H,2-3,8-13,15H2,1H3. The minimum Gasteiger partial charge on any atom is -0.490 e. The van der Waals surface area contributed by atoms with E-state index in [2.05, 4.69) is 4.90 Å². The number of ether oxygens (including phenoxy) is 1. The SMILES string of the molecule is CN1CCn2c(C(=O)C(F)(F)F)ccc2C12CCN(C(=O)c1ccc(OCC3CC3)c(F)c1)CC2. The molecule has 1 aliphatic carbocycles. The molecule has 10 heteroatoms. The van der Waals surface area contributed by atoms with Crippen molar-refractivity contribution in [3.63, 3.8) is 0 Å². The van der Waals surface area contributed by atoms with E-state index in [0.717, 1.165) is 12.8 Å². The monoisotopic (exact) mass is 493 g/mol. The number of rotatable bonds is 5. The summed E-state index contributed by atoms with van der Waals surface area (Å²) in [5.74, 6) is -2.09. The second-order valence-electron chi connectivity index (χ2n) is 9.73. The van der Waals surface area contributed by atoms with Crippen LogP contribution in [0.4, 0.5) is 17.6 Å². The third kappa shape index (κ3) is 4.32. The molecule has 1 saturated carbocycles. The van der Waals surface area contributed by atoms with Crippen molar-refractivity contribution >= 4 is 11.7 Å². The maximum Gasteiger partial charge on any atom is 0.456 e. The van der Waals surface area contributed by atoms with Gasteiger partial charge >= 0.3 is 6.18 Å². The Hall–Kier alpha value is -2.88. The molecule has 1 saturated heterocycles. The van der Waals surface area contributed by atoms with Gasteiger partial charge in [-0.1, -0.05) is 0 Å². The molecule has 0 atom stereocenters. The van der Waals surface area contributed by atoms with E-state index in [-0.39, 0.29) is 29.5 Å². The van der Waals surface area contributed by atoms with Gasteiger partial charge in [-0.3, -0.25) is 14.5 Å². The van der Waals surface area contributed by atoms with Crippen LogP contribution in [-0.2, 0) is 12.1 Å². The summed E-state index contributed by atoms with van der Waals surface area (Å²) in [5, 5.41) is 0. The lowest BCUT2D eigenvalue weighted by Crippen LogP contribution is -2.56. The summed E-state index contributed by atoms with van der Waals surface area (Å²) < 4.78 is 60.7. The number of likely N-dealkylation sites (N-methyl/N-ethyl adjacent to an activating group) is 1. The highest BCUT2D eigenvalue weighted by atomic mass is 19.4. The first kappa shape index (κ1) is 23.8. The maximum absolute atomic E-state index is 14.5. The highest BCUT2D eigenvalue weighted by molar-refractivity contribution is 5.99. The van der Waals surface area contributed by atoms with Gasteiger partial charge in [-0.15, -0.1) is 0 Å². The van der Waals surface area contributed by atoms with Crippen molar-refractivity contribution in [1.29, 1.82) is 0 Å². The van der Waals surface area contributed by atoms with Crippen molar-refractivity contribution in [3.8, 4) is 5.75 Å². The molecule has 35 heavy (non-hydrogen) atoms. The number of amides is 1. The Labute approximate surface area is 200 Å². The first-order chi connectivity index (χ1) is 16.6. The van der Waals surface area contributed by atoms with Crippen molar-refractivity contribution in [2.75, 3.05) is 33.3 Å². The van der Waals surface area contributed by atoms with Crippen molar-refractivity contribution in [2.24, 2.45) is 5.92 Å². The van der Waals surface area contributed by atoms with Gasteiger partial charge in [-0.25, -0.2) is 4.39 Å². The second kappa shape index (κ2) is 8.65. The van der Waals surface area contributed by atoms with Crippen LogP contribution in [0.3, 0.4) is 0 Å². The molecular formula is C25H27F4N3O3. The third-order valence-corrected chi connectivity index (χ3v) is 7.57. The first-order valence-electron chi connectivity index (χ1n) is 11.8. The van der Waals surface area contributed by atoms with Gasteiger partial charge in [0.25, 0.3) is 11.7 Å². The minimum atomic E-state index is -4.94. The van der Waals surface area contributed by atoms with Crippen LogP contribution in [0.15, 0.2) is 30.3 Å².